The van der Waals surface area contributed by atoms with E-state index in [4.69, 9.17) is 9.79 Å². The van der Waals surface area contributed by atoms with Gasteiger partial charge in [-0.25, -0.2) is 18.2 Å². The normalized spacial score (nSPS) is 20.8. The molecule has 3 N–H and O–H groups in total. The second-order valence-corrected chi connectivity index (χ2v) is 5.71. The number of hydrogen-bond acceptors (Lipinski definition) is 9. The molecular formula is C10H9N3O9P2. The quantitative estimate of drug-likeness (QED) is 0.205. The predicted octanol–water partition coefficient (Wildman–Crippen LogP) is 1.11. The minimum Gasteiger partial charge on any atom is -0.298 e. The fourth-order valence-electron chi connectivity index (χ4n) is 1.86. The molecular weight excluding hydrogens is 368 g/mol. The first-order valence-corrected chi connectivity index (χ1v) is 8.32. The molecule has 0 saturated heterocycles. The Morgan fingerprint density at radius 2 is 1.79 bits per heavy atom. The van der Waals surface area contributed by atoms with Gasteiger partial charge in [-0.3, -0.25) is 30.1 Å². The molecule has 2 unspecified atom stereocenters. The molecule has 0 aromatic heterocycles. The maximum Gasteiger partial charge on any atom is 0.370 e. The van der Waals surface area contributed by atoms with Crippen LogP contribution in [0, 0.1) is 10.1 Å². The van der Waals surface area contributed by atoms with E-state index >= 15 is 0 Å². The molecule has 1 aromatic rings. The molecule has 0 spiro atoms. The summed E-state index contributed by atoms with van der Waals surface area (Å²) in [5, 5.41) is 14.2. The van der Waals surface area contributed by atoms with Gasteiger partial charge in [-0.15, -0.1) is 0 Å². The van der Waals surface area contributed by atoms with Crippen LogP contribution in [-0.2, 0) is 18.2 Å². The van der Waals surface area contributed by atoms with Gasteiger partial charge in [0, 0.05) is 17.7 Å². The number of rotatable bonds is 7. The van der Waals surface area contributed by atoms with E-state index in [9.17, 15) is 24.0 Å². The second kappa shape index (κ2) is 7.14. The number of nitrogens with zero attached hydrogens (tertiary/aromatic N) is 2. The third-order valence-electron chi connectivity index (χ3n) is 2.81. The average Bonchev–Trinajstić information content (AvgIpc) is 2.88. The van der Waals surface area contributed by atoms with Crippen LogP contribution in [0.1, 0.15) is 16.8 Å². The number of hydrazone groups is 1. The molecule has 0 bridgehead atoms. The van der Waals surface area contributed by atoms with Gasteiger partial charge in [0.25, 0.3) is 11.6 Å². The van der Waals surface area contributed by atoms with Gasteiger partial charge in [0.15, 0.2) is 0 Å². The van der Waals surface area contributed by atoms with Gasteiger partial charge in [-0.1, -0.05) is 0 Å². The molecule has 24 heavy (non-hydrogen) atoms. The van der Waals surface area contributed by atoms with Crippen LogP contribution in [0.3, 0.4) is 0 Å². The smallest absolute Gasteiger partial charge is 0.298 e. The van der Waals surface area contributed by atoms with Crippen molar-refractivity contribution in [1.29, 1.82) is 0 Å². The minimum absolute atomic E-state index is 0.0544. The molecule has 0 amide bonds. The monoisotopic (exact) mass is 377 g/mol. The van der Waals surface area contributed by atoms with Gasteiger partial charge >= 0.3 is 16.5 Å². The summed E-state index contributed by atoms with van der Waals surface area (Å²) in [5.41, 5.74) is 1.71. The molecule has 2 radical (unpaired) electrons. The third-order valence-corrected chi connectivity index (χ3v) is 3.72. The van der Waals surface area contributed by atoms with Crippen molar-refractivity contribution in [2.24, 2.45) is 5.10 Å². The Morgan fingerprint density at radius 3 is 2.25 bits per heavy atom. The number of carbonyl (C=O) groups excluding carboxylic acids is 1. The number of nitrogens with one attached hydrogen (secondary N) is 1. The maximum absolute atomic E-state index is 12.3. The second-order valence-electron chi connectivity index (χ2n) is 4.39. The summed E-state index contributed by atoms with van der Waals surface area (Å²) < 4.78 is 30.7. The maximum atomic E-state index is 12.3. The van der Waals surface area contributed by atoms with Crippen LogP contribution in [-0.4, -0.2) is 32.1 Å². The van der Waals surface area contributed by atoms with E-state index in [1.807, 2.05) is 0 Å². The number of ketones is 1. The Labute approximate surface area is 135 Å². The number of Topliss-reactive ketones (excluding diaryl/α,β-unsaturated/α-hetero) is 1. The Hall–Kier alpha value is -2.20. The summed E-state index contributed by atoms with van der Waals surface area (Å²) in [6.45, 7) is 0. The molecule has 128 valence electrons. The molecule has 0 saturated carbocycles. The molecule has 0 aliphatic carbocycles. The first-order valence-electron chi connectivity index (χ1n) is 6.06. The predicted molar refractivity (Wildman–Crippen MR) is 77.2 cm³/mol. The Balaban J connectivity index is 2.17. The zero-order chi connectivity index (χ0) is 17.9. The van der Waals surface area contributed by atoms with Gasteiger partial charge in [0.05, 0.1) is 11.3 Å². The van der Waals surface area contributed by atoms with E-state index in [1.165, 1.54) is 12.1 Å². The van der Waals surface area contributed by atoms with Crippen molar-refractivity contribution in [2.75, 3.05) is 0 Å². The van der Waals surface area contributed by atoms with Gasteiger partial charge in [-0.2, -0.15) is 5.10 Å². The SMILES string of the molecule is O=C(C1=NNC(O[P](=O)O)(O[P](=O)O)C1)c1ccc([N+](=O)[O-])cc1. The van der Waals surface area contributed by atoms with Crippen molar-refractivity contribution in [3.05, 3.63) is 39.9 Å². The first kappa shape index (κ1) is 18.1. The van der Waals surface area contributed by atoms with Gasteiger partial charge in [0.1, 0.15) is 5.71 Å². The van der Waals surface area contributed by atoms with E-state index < -0.39 is 39.5 Å². The number of non-ortho nitro benzene ring substituents is 1. The van der Waals surface area contributed by atoms with Crippen molar-refractivity contribution in [3.63, 3.8) is 0 Å². The van der Waals surface area contributed by atoms with Crippen LogP contribution in [0.5, 0.6) is 0 Å². The van der Waals surface area contributed by atoms with Crippen molar-refractivity contribution in [2.45, 2.75) is 12.3 Å². The first-order chi connectivity index (χ1) is 11.2. The topological polar surface area (TPSA) is 178 Å². The highest BCUT2D eigenvalue weighted by molar-refractivity contribution is 7.33. The standard InChI is InChI=1S/C10H9N3O9P2/c14-9(6-1-3-7(4-2-6)13(15)16)8-5-10(12-11-8,21-23(17)18)22-24(19)20/h1-4,12H,5H2,(H,17,18)(H,19,20). The summed E-state index contributed by atoms with van der Waals surface area (Å²) in [6.07, 6.45) is -0.536. The van der Waals surface area contributed by atoms with E-state index in [0.29, 0.717) is 0 Å². The molecule has 2 rings (SSSR count). The molecule has 1 aliphatic rings. The lowest BCUT2D eigenvalue weighted by Gasteiger charge is -2.23. The number of nitro benzene ring substituents is 1. The highest BCUT2D eigenvalue weighted by Gasteiger charge is 2.45. The number of carbonyl (C=O) groups is 1. The Kier molecular flexibility index (Phi) is 5.40. The largest absolute Gasteiger partial charge is 0.370 e. The van der Waals surface area contributed by atoms with E-state index in [0.717, 1.165) is 12.1 Å². The van der Waals surface area contributed by atoms with Crippen molar-refractivity contribution >= 4 is 33.7 Å². The number of nitro groups is 1. The van der Waals surface area contributed by atoms with E-state index in [-0.39, 0.29) is 17.0 Å². The fourth-order valence-corrected chi connectivity index (χ4v) is 2.71. The lowest BCUT2D eigenvalue weighted by Crippen LogP contribution is -2.41. The lowest BCUT2D eigenvalue weighted by atomic mass is 10.0. The van der Waals surface area contributed by atoms with Crippen LogP contribution in [0.25, 0.3) is 0 Å². The van der Waals surface area contributed by atoms with Crippen LogP contribution >= 0.6 is 16.5 Å². The van der Waals surface area contributed by atoms with Crippen LogP contribution < -0.4 is 5.43 Å². The lowest BCUT2D eigenvalue weighted by molar-refractivity contribution is -0.384. The van der Waals surface area contributed by atoms with Crippen LogP contribution in [0.15, 0.2) is 29.4 Å². The van der Waals surface area contributed by atoms with Crippen molar-refractivity contribution < 1.29 is 37.7 Å². The molecule has 0 fully saturated rings. The molecule has 1 aromatic carbocycles. The zero-order valence-corrected chi connectivity index (χ0v) is 13.3. The molecule has 12 nitrogen and oxygen atoms in total. The highest BCUT2D eigenvalue weighted by atomic mass is 31.1. The number of hydrogen-bond donors (Lipinski definition) is 3. The molecule has 2 atom stereocenters. The fraction of sp³-hybridized carbons (Fsp3) is 0.200. The third kappa shape index (κ3) is 4.20. The Morgan fingerprint density at radius 1 is 1.25 bits per heavy atom. The van der Waals surface area contributed by atoms with E-state index in [2.05, 4.69) is 19.6 Å². The van der Waals surface area contributed by atoms with Crippen LogP contribution in [0.4, 0.5) is 5.69 Å². The summed E-state index contributed by atoms with van der Waals surface area (Å²) in [5.74, 6) is -2.91. The highest BCUT2D eigenvalue weighted by Crippen LogP contribution is 2.37. The Bertz CT molecular complexity index is 732. The molecule has 1 heterocycles. The summed E-state index contributed by atoms with van der Waals surface area (Å²) in [7, 11) is -6.46. The summed E-state index contributed by atoms with van der Waals surface area (Å²) in [4.78, 5) is 39.8. The van der Waals surface area contributed by atoms with E-state index in [1.54, 1.807) is 0 Å². The van der Waals surface area contributed by atoms with Gasteiger partial charge in [-0.05, 0) is 12.1 Å². The summed E-state index contributed by atoms with van der Waals surface area (Å²) in [6, 6.07) is 4.63. The van der Waals surface area contributed by atoms with Crippen molar-refractivity contribution in [3.8, 4) is 0 Å². The average molecular weight is 377 g/mol. The summed E-state index contributed by atoms with van der Waals surface area (Å²) >= 11 is 0. The number of benzene rings is 1. The molecule has 14 heteroatoms. The van der Waals surface area contributed by atoms with Gasteiger partial charge < -0.3 is 0 Å². The van der Waals surface area contributed by atoms with Gasteiger partial charge in [0.2, 0.25) is 5.78 Å². The van der Waals surface area contributed by atoms with Crippen molar-refractivity contribution in [1.82, 2.24) is 5.43 Å². The molecule has 1 aliphatic heterocycles. The minimum atomic E-state index is -3.23. The van der Waals surface area contributed by atoms with Crippen LogP contribution in [0.2, 0.25) is 0 Å². The zero-order valence-electron chi connectivity index (χ0n) is 11.6.